The maximum Gasteiger partial charge on any atom is 0.174 e. The quantitative estimate of drug-likeness (QED) is 0.791. The van der Waals surface area contributed by atoms with E-state index in [-0.39, 0.29) is 11.8 Å². The van der Waals surface area contributed by atoms with E-state index < -0.39 is 11.4 Å². The first-order chi connectivity index (χ1) is 11.6. The van der Waals surface area contributed by atoms with E-state index in [1.807, 2.05) is 59.8 Å². The van der Waals surface area contributed by atoms with Gasteiger partial charge in [0.25, 0.3) is 0 Å². The first-order valence-corrected chi connectivity index (χ1v) is 9.17. The van der Waals surface area contributed by atoms with Gasteiger partial charge in [-0.1, -0.05) is 54.1 Å². The molecule has 0 amide bonds. The standard InChI is InChI=1S/C20H21NO2S/c1-15-8-11-19(12-9-15)24(23)21-14-18(16(2)22)10-13-20(21)17-6-4-3-5-7-17/h3-12,20H,13-14H2,1-2H3. The lowest BCUT2D eigenvalue weighted by molar-refractivity contribution is -0.113. The summed E-state index contributed by atoms with van der Waals surface area (Å²) in [6.45, 7) is 3.99. The summed E-state index contributed by atoms with van der Waals surface area (Å²) in [4.78, 5) is 12.6. The van der Waals surface area contributed by atoms with E-state index in [0.29, 0.717) is 13.0 Å². The summed E-state index contributed by atoms with van der Waals surface area (Å²) in [5.41, 5.74) is 3.00. The number of benzene rings is 2. The third-order valence-electron chi connectivity index (χ3n) is 4.33. The molecule has 2 aromatic carbocycles. The Morgan fingerprint density at radius 2 is 1.79 bits per heavy atom. The third kappa shape index (κ3) is 3.61. The van der Waals surface area contributed by atoms with Crippen LogP contribution in [0.25, 0.3) is 0 Å². The monoisotopic (exact) mass is 339 g/mol. The maximum atomic E-state index is 13.2. The van der Waals surface area contributed by atoms with Crippen LogP contribution in [0.15, 0.2) is 71.1 Å². The summed E-state index contributed by atoms with van der Waals surface area (Å²) in [5.74, 6) is 0.0485. The van der Waals surface area contributed by atoms with Gasteiger partial charge in [-0.05, 0) is 38.0 Å². The van der Waals surface area contributed by atoms with Crippen molar-refractivity contribution in [3.8, 4) is 0 Å². The molecule has 0 spiro atoms. The number of hydrogen-bond acceptors (Lipinski definition) is 3. The third-order valence-corrected chi connectivity index (χ3v) is 5.82. The fourth-order valence-corrected chi connectivity index (χ4v) is 4.25. The predicted octanol–water partition coefficient (Wildman–Crippen LogP) is 3.98. The van der Waals surface area contributed by atoms with Gasteiger partial charge >= 0.3 is 0 Å². The average molecular weight is 339 g/mol. The summed E-state index contributed by atoms with van der Waals surface area (Å²) >= 11 is -1.31. The number of nitrogens with zero attached hydrogens (tertiary/aromatic N) is 1. The summed E-state index contributed by atoms with van der Waals surface area (Å²) in [6.07, 6.45) is 2.68. The Morgan fingerprint density at radius 3 is 2.42 bits per heavy atom. The highest BCUT2D eigenvalue weighted by molar-refractivity contribution is 7.89. The van der Waals surface area contributed by atoms with E-state index >= 15 is 0 Å². The van der Waals surface area contributed by atoms with E-state index in [9.17, 15) is 9.35 Å². The lowest BCUT2D eigenvalue weighted by Gasteiger charge is -2.34. The molecule has 3 rings (SSSR count). The molecule has 1 heterocycles. The molecule has 24 heavy (non-hydrogen) atoms. The Kier molecular flexibility index (Phi) is 5.19. The van der Waals surface area contributed by atoms with Gasteiger partial charge < -0.3 is 4.55 Å². The lowest BCUT2D eigenvalue weighted by Crippen LogP contribution is -2.39. The van der Waals surface area contributed by atoms with E-state index in [0.717, 1.165) is 21.6 Å². The summed E-state index contributed by atoms with van der Waals surface area (Å²) < 4.78 is 15.1. The molecule has 2 aromatic rings. The van der Waals surface area contributed by atoms with Crippen LogP contribution in [0.2, 0.25) is 0 Å². The van der Waals surface area contributed by atoms with Crippen LogP contribution in [-0.4, -0.2) is 21.2 Å². The molecule has 4 heteroatoms. The molecule has 0 bridgehead atoms. The van der Waals surface area contributed by atoms with Gasteiger partial charge in [-0.15, -0.1) is 4.31 Å². The Labute approximate surface area is 146 Å². The molecule has 0 aliphatic carbocycles. The van der Waals surface area contributed by atoms with Crippen LogP contribution in [0.3, 0.4) is 0 Å². The second-order valence-corrected chi connectivity index (χ2v) is 7.52. The van der Waals surface area contributed by atoms with Gasteiger partial charge in [0.15, 0.2) is 10.7 Å². The van der Waals surface area contributed by atoms with Gasteiger partial charge in [0, 0.05) is 5.57 Å². The van der Waals surface area contributed by atoms with Crippen LogP contribution in [0.5, 0.6) is 0 Å². The molecule has 1 aliphatic heterocycles. The van der Waals surface area contributed by atoms with Crippen molar-refractivity contribution in [2.24, 2.45) is 0 Å². The highest BCUT2D eigenvalue weighted by Gasteiger charge is 2.35. The molecule has 124 valence electrons. The molecular weight excluding hydrogens is 318 g/mol. The lowest BCUT2D eigenvalue weighted by atomic mass is 9.97. The van der Waals surface area contributed by atoms with Crippen molar-refractivity contribution in [2.45, 2.75) is 31.2 Å². The topological polar surface area (TPSA) is 43.4 Å². The number of ketones is 1. The first-order valence-electron chi connectivity index (χ1n) is 8.06. The maximum absolute atomic E-state index is 13.2. The molecule has 0 aromatic heterocycles. The number of carbonyl (C=O) groups excluding carboxylic acids is 1. The summed E-state index contributed by atoms with van der Waals surface area (Å²) in [5, 5.41) is 0. The smallest absolute Gasteiger partial charge is 0.174 e. The SMILES string of the molecule is CC(=O)C1=CCC(c2ccccc2)N([S+]([O-])c2ccc(C)cc2)C1. The normalized spacial score (nSPS) is 19.6. The number of hydrogen-bond donors (Lipinski definition) is 0. The molecule has 0 saturated heterocycles. The zero-order chi connectivity index (χ0) is 17.1. The highest BCUT2D eigenvalue weighted by atomic mass is 32.2. The molecule has 1 aliphatic rings. The number of carbonyl (C=O) groups is 1. The van der Waals surface area contributed by atoms with Crippen LogP contribution in [0.1, 0.15) is 30.5 Å². The largest absolute Gasteiger partial charge is 0.593 e. The Morgan fingerprint density at radius 1 is 1.12 bits per heavy atom. The molecule has 0 saturated carbocycles. The van der Waals surface area contributed by atoms with E-state index in [1.165, 1.54) is 0 Å². The van der Waals surface area contributed by atoms with Crippen molar-refractivity contribution in [1.82, 2.24) is 4.31 Å². The molecule has 0 N–H and O–H groups in total. The average Bonchev–Trinajstić information content (AvgIpc) is 2.62. The Bertz CT molecular complexity index is 740. The minimum atomic E-state index is -1.31. The Balaban J connectivity index is 1.94. The van der Waals surface area contributed by atoms with Gasteiger partial charge in [0.05, 0.1) is 23.9 Å². The second kappa shape index (κ2) is 7.34. The van der Waals surface area contributed by atoms with Crippen molar-refractivity contribution >= 4 is 17.1 Å². The van der Waals surface area contributed by atoms with Crippen LogP contribution < -0.4 is 0 Å². The van der Waals surface area contributed by atoms with Gasteiger partial charge in [0.2, 0.25) is 0 Å². The number of rotatable bonds is 4. The van der Waals surface area contributed by atoms with E-state index in [4.69, 9.17) is 0 Å². The van der Waals surface area contributed by atoms with Gasteiger partial charge in [0.1, 0.15) is 0 Å². The van der Waals surface area contributed by atoms with E-state index in [2.05, 4.69) is 12.1 Å². The van der Waals surface area contributed by atoms with Gasteiger partial charge in [-0.2, -0.15) is 0 Å². The summed E-state index contributed by atoms with van der Waals surface area (Å²) in [6, 6.07) is 17.8. The Hall–Kier alpha value is -1.88. The van der Waals surface area contributed by atoms with Gasteiger partial charge in [-0.25, -0.2) is 0 Å². The molecular formula is C20H21NO2S. The highest BCUT2D eigenvalue weighted by Crippen LogP contribution is 2.35. The number of aryl methyl sites for hydroxylation is 1. The fraction of sp³-hybridized carbons (Fsp3) is 0.250. The molecule has 2 atom stereocenters. The molecule has 0 fully saturated rings. The van der Waals surface area contributed by atoms with Crippen LogP contribution >= 0.6 is 0 Å². The van der Waals surface area contributed by atoms with Gasteiger partial charge in [-0.3, -0.25) is 4.79 Å². The van der Waals surface area contributed by atoms with Crippen LogP contribution in [-0.2, 0) is 16.2 Å². The zero-order valence-corrected chi connectivity index (χ0v) is 14.8. The van der Waals surface area contributed by atoms with Crippen molar-refractivity contribution in [3.63, 3.8) is 0 Å². The molecule has 2 unspecified atom stereocenters. The molecule has 3 nitrogen and oxygen atoms in total. The minimum Gasteiger partial charge on any atom is -0.593 e. The van der Waals surface area contributed by atoms with Crippen LogP contribution in [0.4, 0.5) is 0 Å². The first kappa shape index (κ1) is 17.0. The molecule has 0 radical (unpaired) electrons. The van der Waals surface area contributed by atoms with Crippen LogP contribution in [0, 0.1) is 6.92 Å². The van der Waals surface area contributed by atoms with Crippen molar-refractivity contribution in [1.29, 1.82) is 0 Å². The number of Topliss-reactive ketones (excluding diaryl/α,β-unsaturated/α-hetero) is 1. The van der Waals surface area contributed by atoms with Crippen molar-refractivity contribution in [3.05, 3.63) is 77.4 Å². The van der Waals surface area contributed by atoms with E-state index in [1.54, 1.807) is 6.92 Å². The minimum absolute atomic E-state index is 0.0106. The zero-order valence-electron chi connectivity index (χ0n) is 13.9. The van der Waals surface area contributed by atoms with Crippen molar-refractivity contribution < 1.29 is 9.35 Å². The predicted molar refractivity (Wildman–Crippen MR) is 96.9 cm³/mol. The summed E-state index contributed by atoms with van der Waals surface area (Å²) in [7, 11) is 0. The van der Waals surface area contributed by atoms with Crippen molar-refractivity contribution in [2.75, 3.05) is 6.54 Å². The second-order valence-electron chi connectivity index (χ2n) is 6.09. The fourth-order valence-electron chi connectivity index (χ4n) is 2.91.